The van der Waals surface area contributed by atoms with Gasteiger partial charge in [0, 0.05) is 24.7 Å². The Hall–Kier alpha value is -1.26. The molecule has 2 fully saturated rings. The highest BCUT2D eigenvalue weighted by Gasteiger charge is 2.38. The van der Waals surface area contributed by atoms with Gasteiger partial charge < -0.3 is 10.2 Å². The Bertz CT molecular complexity index is 615. The van der Waals surface area contributed by atoms with Crippen molar-refractivity contribution in [2.24, 2.45) is 5.92 Å². The van der Waals surface area contributed by atoms with E-state index in [1.54, 1.807) is 18.2 Å². The Morgan fingerprint density at radius 2 is 1.87 bits per heavy atom. The van der Waals surface area contributed by atoms with Crippen LogP contribution < -0.4 is 5.32 Å². The first-order valence-electron chi connectivity index (χ1n) is 8.10. The molecule has 1 aliphatic heterocycles. The fourth-order valence-electron chi connectivity index (χ4n) is 3.47. The molecule has 2 aliphatic rings. The highest BCUT2D eigenvalue weighted by Crippen LogP contribution is 2.30. The third kappa shape index (κ3) is 3.81. The van der Waals surface area contributed by atoms with Crippen LogP contribution in [0.4, 0.5) is 5.69 Å². The number of likely N-dealkylation sites (tertiary alicyclic amines) is 1. The largest absolute Gasteiger partial charge is 0.339 e. The van der Waals surface area contributed by atoms with E-state index >= 15 is 0 Å². The Labute approximate surface area is 146 Å². The zero-order valence-corrected chi connectivity index (χ0v) is 14.4. The van der Waals surface area contributed by atoms with E-state index in [0.29, 0.717) is 34.7 Å². The lowest BCUT2D eigenvalue weighted by molar-refractivity contribution is -0.130. The minimum absolute atomic E-state index is 0.103. The van der Waals surface area contributed by atoms with E-state index < -0.39 is 0 Å². The summed E-state index contributed by atoms with van der Waals surface area (Å²) in [7, 11) is 0. The van der Waals surface area contributed by atoms with Gasteiger partial charge in [0.25, 0.3) is 0 Å². The van der Waals surface area contributed by atoms with Gasteiger partial charge in [-0.1, -0.05) is 42.5 Å². The average Bonchev–Trinajstić information content (AvgIpc) is 2.94. The van der Waals surface area contributed by atoms with Crippen LogP contribution in [0.15, 0.2) is 18.2 Å². The number of anilines is 1. The molecule has 1 heterocycles. The molecule has 1 aromatic carbocycles. The van der Waals surface area contributed by atoms with E-state index in [1.807, 2.05) is 4.90 Å². The van der Waals surface area contributed by atoms with Crippen molar-refractivity contribution in [3.8, 4) is 0 Å². The summed E-state index contributed by atoms with van der Waals surface area (Å²) in [4.78, 5) is 26.6. The lowest BCUT2D eigenvalue weighted by atomic mass is 9.94. The number of benzene rings is 1. The predicted octanol–water partition coefficient (Wildman–Crippen LogP) is 4.11. The molecular formula is C17H20Cl2N2O2. The van der Waals surface area contributed by atoms with Crippen molar-refractivity contribution < 1.29 is 9.59 Å². The van der Waals surface area contributed by atoms with Crippen LogP contribution in [0.25, 0.3) is 0 Å². The molecule has 1 saturated heterocycles. The van der Waals surface area contributed by atoms with Gasteiger partial charge in [-0.2, -0.15) is 0 Å². The molecule has 124 valence electrons. The number of carbonyl (C=O) groups excluding carboxylic acids is 2. The molecule has 3 rings (SSSR count). The van der Waals surface area contributed by atoms with Crippen LogP contribution in [-0.2, 0) is 9.59 Å². The minimum Gasteiger partial charge on any atom is -0.339 e. The van der Waals surface area contributed by atoms with Crippen LogP contribution in [0, 0.1) is 5.92 Å². The first kappa shape index (κ1) is 16.6. The summed E-state index contributed by atoms with van der Waals surface area (Å²) in [6.07, 6.45) is 6.02. The quantitative estimate of drug-likeness (QED) is 0.887. The molecule has 1 N–H and O–H groups in total. The zero-order valence-electron chi connectivity index (χ0n) is 12.9. The summed E-state index contributed by atoms with van der Waals surface area (Å²) in [6.45, 7) is 0.524. The molecule has 0 aromatic heterocycles. The molecule has 1 aromatic rings. The number of amides is 2. The van der Waals surface area contributed by atoms with Crippen LogP contribution in [0.5, 0.6) is 0 Å². The molecule has 0 bridgehead atoms. The highest BCUT2D eigenvalue weighted by atomic mass is 35.5. The molecule has 0 unspecified atom stereocenters. The second-order valence-electron chi connectivity index (χ2n) is 6.36. The molecule has 4 nitrogen and oxygen atoms in total. The number of halogens is 2. The number of nitrogens with one attached hydrogen (secondary N) is 1. The summed E-state index contributed by atoms with van der Waals surface area (Å²) >= 11 is 11.8. The minimum atomic E-state index is -0.293. The maximum atomic E-state index is 12.4. The second kappa shape index (κ2) is 7.10. The maximum absolute atomic E-state index is 12.4. The number of rotatable bonds is 3. The Morgan fingerprint density at radius 3 is 2.57 bits per heavy atom. The average molecular weight is 355 g/mol. The Morgan fingerprint density at radius 1 is 1.13 bits per heavy atom. The van der Waals surface area contributed by atoms with Gasteiger partial charge in [-0.05, 0) is 31.0 Å². The van der Waals surface area contributed by atoms with Gasteiger partial charge in [0.05, 0.1) is 16.0 Å². The van der Waals surface area contributed by atoms with Crippen molar-refractivity contribution in [3.63, 3.8) is 0 Å². The molecule has 1 atom stereocenters. The molecule has 23 heavy (non-hydrogen) atoms. The zero-order chi connectivity index (χ0) is 16.4. The fourth-order valence-corrected chi connectivity index (χ4v) is 3.77. The smallest absolute Gasteiger partial charge is 0.229 e. The van der Waals surface area contributed by atoms with Gasteiger partial charge >= 0.3 is 0 Å². The summed E-state index contributed by atoms with van der Waals surface area (Å²) < 4.78 is 0. The summed E-state index contributed by atoms with van der Waals surface area (Å²) in [5.41, 5.74) is 0.605. The van der Waals surface area contributed by atoms with Crippen molar-refractivity contribution >= 4 is 40.7 Å². The number of hydrogen-bond donors (Lipinski definition) is 1. The van der Waals surface area contributed by atoms with Crippen molar-refractivity contribution in [1.29, 1.82) is 0 Å². The van der Waals surface area contributed by atoms with Gasteiger partial charge in [-0.3, -0.25) is 9.59 Å². The third-order valence-electron chi connectivity index (χ3n) is 4.73. The lowest BCUT2D eigenvalue weighted by Crippen LogP contribution is -2.38. The van der Waals surface area contributed by atoms with Crippen molar-refractivity contribution in [1.82, 2.24) is 4.90 Å². The molecule has 0 spiro atoms. The van der Waals surface area contributed by atoms with E-state index in [4.69, 9.17) is 23.2 Å². The SMILES string of the molecule is O=C(Nc1ccc(Cl)c(Cl)c1)[C@H]1CC(=O)N(C2CCCCC2)C1. The number of carbonyl (C=O) groups is 2. The van der Waals surface area contributed by atoms with E-state index in [9.17, 15) is 9.59 Å². The summed E-state index contributed by atoms with van der Waals surface area (Å²) in [6, 6.07) is 5.30. The highest BCUT2D eigenvalue weighted by molar-refractivity contribution is 6.42. The maximum Gasteiger partial charge on any atom is 0.229 e. The summed E-state index contributed by atoms with van der Waals surface area (Å²) in [5, 5.41) is 3.68. The third-order valence-corrected chi connectivity index (χ3v) is 5.47. The molecule has 0 radical (unpaired) electrons. The fraction of sp³-hybridized carbons (Fsp3) is 0.529. The van der Waals surface area contributed by atoms with E-state index in [1.165, 1.54) is 19.3 Å². The van der Waals surface area contributed by atoms with Crippen molar-refractivity contribution in [3.05, 3.63) is 28.2 Å². The predicted molar refractivity (Wildman–Crippen MR) is 91.8 cm³/mol. The first-order valence-corrected chi connectivity index (χ1v) is 8.85. The standard InChI is InChI=1S/C17H20Cl2N2O2/c18-14-7-6-12(9-15(14)19)20-17(23)11-8-16(22)21(10-11)13-4-2-1-3-5-13/h6-7,9,11,13H,1-5,8,10H2,(H,20,23)/t11-/m0/s1. The van der Waals surface area contributed by atoms with E-state index in [0.717, 1.165) is 12.8 Å². The molecule has 6 heteroatoms. The van der Waals surface area contributed by atoms with Gasteiger partial charge in [-0.15, -0.1) is 0 Å². The summed E-state index contributed by atoms with van der Waals surface area (Å²) in [5.74, 6) is -0.319. The van der Waals surface area contributed by atoms with Crippen LogP contribution in [-0.4, -0.2) is 29.3 Å². The molecule has 2 amide bonds. The second-order valence-corrected chi connectivity index (χ2v) is 7.17. The Balaban J connectivity index is 1.61. The number of nitrogens with zero attached hydrogens (tertiary/aromatic N) is 1. The molecular weight excluding hydrogens is 335 g/mol. The topological polar surface area (TPSA) is 49.4 Å². The molecule has 1 saturated carbocycles. The van der Waals surface area contributed by atoms with Gasteiger partial charge in [0.2, 0.25) is 11.8 Å². The van der Waals surface area contributed by atoms with Crippen LogP contribution in [0.3, 0.4) is 0 Å². The van der Waals surface area contributed by atoms with Crippen LogP contribution >= 0.6 is 23.2 Å². The van der Waals surface area contributed by atoms with E-state index in [-0.39, 0.29) is 17.7 Å². The normalized spacial score (nSPS) is 22.4. The van der Waals surface area contributed by atoms with Crippen LogP contribution in [0.2, 0.25) is 10.0 Å². The lowest BCUT2D eigenvalue weighted by Gasteiger charge is -2.31. The first-order chi connectivity index (χ1) is 11.0. The van der Waals surface area contributed by atoms with Crippen molar-refractivity contribution in [2.45, 2.75) is 44.6 Å². The number of hydrogen-bond acceptors (Lipinski definition) is 2. The monoisotopic (exact) mass is 354 g/mol. The van der Waals surface area contributed by atoms with E-state index in [2.05, 4.69) is 5.32 Å². The van der Waals surface area contributed by atoms with Gasteiger partial charge in [-0.25, -0.2) is 0 Å². The van der Waals surface area contributed by atoms with Crippen molar-refractivity contribution in [2.75, 3.05) is 11.9 Å². The van der Waals surface area contributed by atoms with Gasteiger partial charge in [0.15, 0.2) is 0 Å². The van der Waals surface area contributed by atoms with Gasteiger partial charge in [0.1, 0.15) is 0 Å². The van der Waals surface area contributed by atoms with Crippen LogP contribution in [0.1, 0.15) is 38.5 Å². The Kier molecular flexibility index (Phi) is 5.12. The molecule has 1 aliphatic carbocycles.